The summed E-state index contributed by atoms with van der Waals surface area (Å²) in [5.74, 6) is -1.90. The molecule has 1 aromatic carbocycles. The number of hydrogen-bond donors (Lipinski definition) is 2. The fraction of sp³-hybridized carbons (Fsp3) is 0.250. The first-order chi connectivity index (χ1) is 13.6. The van der Waals surface area contributed by atoms with Gasteiger partial charge in [0.2, 0.25) is 0 Å². The molecule has 0 spiro atoms. The maximum atomic E-state index is 14.1. The summed E-state index contributed by atoms with van der Waals surface area (Å²) < 4.78 is 17.6. The predicted octanol–water partition coefficient (Wildman–Crippen LogP) is 2.66. The SMILES string of the molecule is O=C(Nc1ccc(F)c(-n2cccc2)c1)C(=O)N[C@@H]1CCC[C@@H]1n1ccnc1. The Morgan fingerprint density at radius 2 is 1.93 bits per heavy atom. The van der Waals surface area contributed by atoms with Crippen LogP contribution in [0, 0.1) is 5.82 Å². The second-order valence-electron chi connectivity index (χ2n) is 6.80. The van der Waals surface area contributed by atoms with Gasteiger partial charge in [-0.25, -0.2) is 9.37 Å². The molecule has 0 bridgehead atoms. The number of nitrogens with zero attached hydrogens (tertiary/aromatic N) is 3. The zero-order valence-electron chi connectivity index (χ0n) is 15.1. The minimum absolute atomic E-state index is 0.0883. The van der Waals surface area contributed by atoms with Crippen LogP contribution in [0.25, 0.3) is 5.69 Å². The van der Waals surface area contributed by atoms with Crippen LogP contribution < -0.4 is 10.6 Å². The Kier molecular flexibility index (Phi) is 4.92. The molecule has 28 heavy (non-hydrogen) atoms. The highest BCUT2D eigenvalue weighted by molar-refractivity contribution is 6.39. The van der Waals surface area contributed by atoms with E-state index in [-0.39, 0.29) is 12.1 Å². The van der Waals surface area contributed by atoms with Gasteiger partial charge in [0, 0.05) is 30.5 Å². The molecule has 8 heteroatoms. The third-order valence-corrected chi connectivity index (χ3v) is 5.00. The highest BCUT2D eigenvalue weighted by Gasteiger charge is 2.31. The first kappa shape index (κ1) is 18.0. The van der Waals surface area contributed by atoms with Crippen LogP contribution in [0.15, 0.2) is 61.4 Å². The van der Waals surface area contributed by atoms with E-state index in [1.165, 1.54) is 18.2 Å². The highest BCUT2D eigenvalue weighted by Crippen LogP contribution is 2.29. The van der Waals surface area contributed by atoms with Gasteiger partial charge in [0.25, 0.3) is 0 Å². The summed E-state index contributed by atoms with van der Waals surface area (Å²) in [7, 11) is 0. The first-order valence-corrected chi connectivity index (χ1v) is 9.14. The minimum Gasteiger partial charge on any atom is -0.343 e. The molecule has 2 N–H and O–H groups in total. The maximum Gasteiger partial charge on any atom is 0.313 e. The number of carbonyl (C=O) groups is 2. The second kappa shape index (κ2) is 7.67. The molecule has 2 heterocycles. The van der Waals surface area contributed by atoms with E-state index in [1.54, 1.807) is 41.6 Å². The number of imidazole rings is 1. The number of carbonyl (C=O) groups excluding carboxylic acids is 2. The summed E-state index contributed by atoms with van der Waals surface area (Å²) in [6, 6.07) is 7.69. The molecule has 3 aromatic rings. The van der Waals surface area contributed by atoms with Gasteiger partial charge in [0.15, 0.2) is 0 Å². The lowest BCUT2D eigenvalue weighted by Crippen LogP contribution is -2.43. The molecule has 2 amide bonds. The third-order valence-electron chi connectivity index (χ3n) is 5.00. The summed E-state index contributed by atoms with van der Waals surface area (Å²) in [4.78, 5) is 28.8. The van der Waals surface area contributed by atoms with Gasteiger partial charge in [-0.2, -0.15) is 0 Å². The number of rotatable bonds is 4. The Morgan fingerprint density at radius 3 is 2.68 bits per heavy atom. The standard InChI is InChI=1S/C20H20FN5O2/c21-15-7-6-14(12-18(15)25-9-1-2-10-25)23-19(27)20(28)24-16-4-3-5-17(16)26-11-8-22-13-26/h1-2,6-13,16-17H,3-5H2,(H,23,27)(H,24,28)/t16-,17+/m1/s1. The zero-order chi connectivity index (χ0) is 19.5. The fourth-order valence-corrected chi connectivity index (χ4v) is 3.64. The van der Waals surface area contributed by atoms with Gasteiger partial charge in [0.05, 0.1) is 24.1 Å². The molecular formula is C20H20FN5O2. The molecule has 0 unspecified atom stereocenters. The molecule has 1 aliphatic rings. The van der Waals surface area contributed by atoms with Gasteiger partial charge in [-0.15, -0.1) is 0 Å². The Hall–Kier alpha value is -3.42. The van der Waals surface area contributed by atoms with Crippen LogP contribution in [0.1, 0.15) is 25.3 Å². The van der Waals surface area contributed by atoms with E-state index in [0.717, 1.165) is 19.3 Å². The van der Waals surface area contributed by atoms with E-state index in [9.17, 15) is 14.0 Å². The van der Waals surface area contributed by atoms with Crippen LogP contribution in [-0.4, -0.2) is 32.0 Å². The highest BCUT2D eigenvalue weighted by atomic mass is 19.1. The van der Waals surface area contributed by atoms with E-state index in [1.807, 2.05) is 10.8 Å². The van der Waals surface area contributed by atoms with Gasteiger partial charge in [-0.3, -0.25) is 9.59 Å². The van der Waals surface area contributed by atoms with Crippen molar-refractivity contribution in [2.24, 2.45) is 0 Å². The number of anilines is 1. The number of amides is 2. The van der Waals surface area contributed by atoms with Gasteiger partial charge in [-0.1, -0.05) is 0 Å². The molecule has 7 nitrogen and oxygen atoms in total. The van der Waals surface area contributed by atoms with Crippen molar-refractivity contribution in [1.82, 2.24) is 19.4 Å². The largest absolute Gasteiger partial charge is 0.343 e. The van der Waals surface area contributed by atoms with Crippen LogP contribution in [0.2, 0.25) is 0 Å². The maximum absolute atomic E-state index is 14.1. The molecule has 1 saturated carbocycles. The van der Waals surface area contributed by atoms with Crippen molar-refractivity contribution >= 4 is 17.5 Å². The summed E-state index contributed by atoms with van der Waals surface area (Å²) in [6.45, 7) is 0. The Labute approximate surface area is 161 Å². The lowest BCUT2D eigenvalue weighted by atomic mass is 10.1. The molecule has 1 fully saturated rings. The zero-order valence-corrected chi connectivity index (χ0v) is 15.1. The number of aromatic nitrogens is 3. The summed E-state index contributed by atoms with van der Waals surface area (Å²) in [5, 5.41) is 5.36. The van der Waals surface area contributed by atoms with Crippen molar-refractivity contribution in [3.05, 3.63) is 67.3 Å². The lowest BCUT2D eigenvalue weighted by Gasteiger charge is -2.21. The van der Waals surface area contributed by atoms with Crippen molar-refractivity contribution in [3.63, 3.8) is 0 Å². The smallest absolute Gasteiger partial charge is 0.313 e. The predicted molar refractivity (Wildman–Crippen MR) is 101 cm³/mol. The van der Waals surface area contributed by atoms with Gasteiger partial charge >= 0.3 is 11.8 Å². The van der Waals surface area contributed by atoms with E-state index >= 15 is 0 Å². The quantitative estimate of drug-likeness (QED) is 0.682. The fourth-order valence-electron chi connectivity index (χ4n) is 3.64. The van der Waals surface area contributed by atoms with Gasteiger partial charge in [0.1, 0.15) is 5.82 Å². The Bertz CT molecular complexity index is 969. The molecule has 0 radical (unpaired) electrons. The molecular weight excluding hydrogens is 361 g/mol. The Balaban J connectivity index is 1.42. The lowest BCUT2D eigenvalue weighted by molar-refractivity contribution is -0.136. The summed E-state index contributed by atoms with van der Waals surface area (Å²) in [6.07, 6.45) is 11.4. The summed E-state index contributed by atoms with van der Waals surface area (Å²) >= 11 is 0. The number of halogens is 1. The molecule has 1 aliphatic carbocycles. The first-order valence-electron chi connectivity index (χ1n) is 9.14. The monoisotopic (exact) mass is 381 g/mol. The van der Waals surface area contributed by atoms with Crippen LogP contribution in [-0.2, 0) is 9.59 Å². The third kappa shape index (κ3) is 3.66. The molecule has 0 aliphatic heterocycles. The Morgan fingerprint density at radius 1 is 1.11 bits per heavy atom. The number of benzene rings is 1. The van der Waals surface area contributed by atoms with Crippen molar-refractivity contribution < 1.29 is 14.0 Å². The molecule has 144 valence electrons. The normalized spacial score (nSPS) is 18.8. The van der Waals surface area contributed by atoms with Crippen molar-refractivity contribution in [2.75, 3.05) is 5.32 Å². The number of hydrogen-bond acceptors (Lipinski definition) is 3. The topological polar surface area (TPSA) is 81.0 Å². The summed E-state index contributed by atoms with van der Waals surface area (Å²) in [5.41, 5.74) is 0.641. The van der Waals surface area contributed by atoms with Crippen LogP contribution in [0.4, 0.5) is 10.1 Å². The molecule has 4 rings (SSSR count). The average Bonchev–Trinajstić information content (AvgIpc) is 3.45. The minimum atomic E-state index is -0.777. The van der Waals surface area contributed by atoms with Crippen molar-refractivity contribution in [2.45, 2.75) is 31.3 Å². The van der Waals surface area contributed by atoms with E-state index < -0.39 is 17.6 Å². The average molecular weight is 381 g/mol. The van der Waals surface area contributed by atoms with Crippen molar-refractivity contribution in [3.8, 4) is 5.69 Å². The molecule has 2 atom stereocenters. The molecule has 0 saturated heterocycles. The van der Waals surface area contributed by atoms with E-state index in [2.05, 4.69) is 15.6 Å². The van der Waals surface area contributed by atoms with E-state index in [4.69, 9.17) is 0 Å². The van der Waals surface area contributed by atoms with Crippen LogP contribution in [0.3, 0.4) is 0 Å². The van der Waals surface area contributed by atoms with Gasteiger partial charge < -0.3 is 19.8 Å². The number of nitrogens with one attached hydrogen (secondary N) is 2. The van der Waals surface area contributed by atoms with Gasteiger partial charge in [-0.05, 0) is 49.6 Å². The van der Waals surface area contributed by atoms with E-state index in [0.29, 0.717) is 11.4 Å². The van der Waals surface area contributed by atoms with Crippen LogP contribution >= 0.6 is 0 Å². The second-order valence-corrected chi connectivity index (χ2v) is 6.80. The van der Waals surface area contributed by atoms with Crippen molar-refractivity contribution in [1.29, 1.82) is 0 Å². The molecule has 2 aromatic heterocycles. The van der Waals surface area contributed by atoms with Crippen LogP contribution in [0.5, 0.6) is 0 Å².